The third-order valence-corrected chi connectivity index (χ3v) is 5.28. The number of hydrogen-bond donors (Lipinski definition) is 0. The predicted molar refractivity (Wildman–Crippen MR) is 93.5 cm³/mol. The van der Waals surface area contributed by atoms with Crippen molar-refractivity contribution in [3.05, 3.63) is 35.6 Å². The van der Waals surface area contributed by atoms with E-state index in [0.29, 0.717) is 13.1 Å². The van der Waals surface area contributed by atoms with Gasteiger partial charge in [0.1, 0.15) is 5.82 Å². The van der Waals surface area contributed by atoms with Crippen molar-refractivity contribution in [3.63, 3.8) is 0 Å². The SMILES string of the molecule is CN1CCN(C(=O)C2CCN(C(=O)Cc3ccc(F)cc3)CC2)CC1. The average Bonchev–Trinajstić information content (AvgIpc) is 2.64. The van der Waals surface area contributed by atoms with Gasteiger partial charge in [0.15, 0.2) is 0 Å². The van der Waals surface area contributed by atoms with Gasteiger partial charge in [0.25, 0.3) is 0 Å². The van der Waals surface area contributed by atoms with Crippen molar-refractivity contribution >= 4 is 11.8 Å². The molecule has 6 heteroatoms. The number of rotatable bonds is 3. The third-order valence-electron chi connectivity index (χ3n) is 5.28. The monoisotopic (exact) mass is 347 g/mol. The van der Waals surface area contributed by atoms with Crippen LogP contribution < -0.4 is 0 Å². The van der Waals surface area contributed by atoms with Gasteiger partial charge in [-0.3, -0.25) is 9.59 Å². The number of piperidine rings is 1. The van der Waals surface area contributed by atoms with E-state index in [1.807, 2.05) is 9.80 Å². The van der Waals surface area contributed by atoms with Gasteiger partial charge in [-0.15, -0.1) is 0 Å². The van der Waals surface area contributed by atoms with Crippen molar-refractivity contribution in [3.8, 4) is 0 Å². The number of piperazine rings is 1. The summed E-state index contributed by atoms with van der Waals surface area (Å²) in [5, 5.41) is 0. The number of carbonyl (C=O) groups is 2. The molecule has 136 valence electrons. The second kappa shape index (κ2) is 7.95. The predicted octanol–water partition coefficient (Wildman–Crippen LogP) is 1.38. The molecule has 2 saturated heterocycles. The van der Waals surface area contributed by atoms with E-state index in [1.54, 1.807) is 12.1 Å². The highest BCUT2D eigenvalue weighted by Crippen LogP contribution is 2.21. The quantitative estimate of drug-likeness (QED) is 0.830. The molecule has 0 aromatic heterocycles. The van der Waals surface area contributed by atoms with E-state index in [0.717, 1.165) is 44.6 Å². The number of hydrogen-bond acceptors (Lipinski definition) is 3. The lowest BCUT2D eigenvalue weighted by Gasteiger charge is -2.37. The van der Waals surface area contributed by atoms with E-state index in [-0.39, 0.29) is 30.0 Å². The molecule has 25 heavy (non-hydrogen) atoms. The minimum Gasteiger partial charge on any atom is -0.342 e. The summed E-state index contributed by atoms with van der Waals surface area (Å²) in [4.78, 5) is 31.1. The standard InChI is InChI=1S/C19H26FN3O2/c1-21-10-12-23(13-11-21)19(25)16-6-8-22(9-7-16)18(24)14-15-2-4-17(20)5-3-15/h2-5,16H,6-14H2,1H3. The molecule has 1 aromatic carbocycles. The molecular formula is C19H26FN3O2. The first-order valence-electron chi connectivity index (χ1n) is 9.02. The van der Waals surface area contributed by atoms with Crippen LogP contribution in [-0.2, 0) is 16.0 Å². The summed E-state index contributed by atoms with van der Waals surface area (Å²) in [6, 6.07) is 6.06. The van der Waals surface area contributed by atoms with Crippen LogP contribution in [0.15, 0.2) is 24.3 Å². The van der Waals surface area contributed by atoms with Crippen molar-refractivity contribution < 1.29 is 14.0 Å². The first-order valence-corrected chi connectivity index (χ1v) is 9.02. The second-order valence-electron chi connectivity index (χ2n) is 7.09. The third kappa shape index (κ3) is 4.57. The number of halogens is 1. The molecule has 0 aliphatic carbocycles. The minimum atomic E-state index is -0.292. The maximum absolute atomic E-state index is 12.9. The van der Waals surface area contributed by atoms with Gasteiger partial charge in [-0.05, 0) is 37.6 Å². The Morgan fingerprint density at radius 3 is 2.16 bits per heavy atom. The molecule has 0 unspecified atom stereocenters. The Labute approximate surface area is 148 Å². The van der Waals surface area contributed by atoms with E-state index in [1.165, 1.54) is 12.1 Å². The van der Waals surface area contributed by atoms with Crippen LogP contribution in [0.3, 0.4) is 0 Å². The smallest absolute Gasteiger partial charge is 0.226 e. The lowest BCUT2D eigenvalue weighted by atomic mass is 9.94. The minimum absolute atomic E-state index is 0.0401. The molecule has 0 bridgehead atoms. The first kappa shape index (κ1) is 17.9. The summed E-state index contributed by atoms with van der Waals surface area (Å²) in [7, 11) is 2.08. The van der Waals surface area contributed by atoms with Gasteiger partial charge < -0.3 is 14.7 Å². The zero-order chi connectivity index (χ0) is 17.8. The fourth-order valence-corrected chi connectivity index (χ4v) is 3.55. The van der Waals surface area contributed by atoms with Gasteiger partial charge in [-0.1, -0.05) is 12.1 Å². The summed E-state index contributed by atoms with van der Waals surface area (Å²) in [6.07, 6.45) is 1.76. The van der Waals surface area contributed by atoms with Crippen molar-refractivity contribution in [1.29, 1.82) is 0 Å². The van der Waals surface area contributed by atoms with Gasteiger partial charge in [0, 0.05) is 45.2 Å². The van der Waals surface area contributed by atoms with Crippen LogP contribution in [0.2, 0.25) is 0 Å². The van der Waals surface area contributed by atoms with Crippen LogP contribution in [0, 0.1) is 11.7 Å². The largest absolute Gasteiger partial charge is 0.342 e. The topological polar surface area (TPSA) is 43.9 Å². The number of likely N-dealkylation sites (tertiary alicyclic amines) is 1. The van der Waals surface area contributed by atoms with E-state index >= 15 is 0 Å². The maximum Gasteiger partial charge on any atom is 0.226 e. The number of amides is 2. The highest BCUT2D eigenvalue weighted by molar-refractivity contribution is 5.81. The Bertz CT molecular complexity index is 604. The van der Waals surface area contributed by atoms with Gasteiger partial charge in [0.05, 0.1) is 6.42 Å². The summed E-state index contributed by atoms with van der Waals surface area (Å²) >= 11 is 0. The number of likely N-dealkylation sites (N-methyl/N-ethyl adjacent to an activating group) is 1. The van der Waals surface area contributed by atoms with Crippen LogP contribution in [0.1, 0.15) is 18.4 Å². The maximum atomic E-state index is 12.9. The van der Waals surface area contributed by atoms with Gasteiger partial charge in [0.2, 0.25) is 11.8 Å². The molecule has 2 aliphatic rings. The summed E-state index contributed by atoms with van der Waals surface area (Å²) in [5.41, 5.74) is 0.821. The Kier molecular flexibility index (Phi) is 5.68. The molecule has 1 aromatic rings. The summed E-state index contributed by atoms with van der Waals surface area (Å²) < 4.78 is 12.9. The van der Waals surface area contributed by atoms with Gasteiger partial charge in [-0.25, -0.2) is 4.39 Å². The molecule has 0 atom stereocenters. The first-order chi connectivity index (χ1) is 12.0. The van der Waals surface area contributed by atoms with E-state index in [2.05, 4.69) is 11.9 Å². The Balaban J connectivity index is 1.47. The Hall–Kier alpha value is -1.95. The van der Waals surface area contributed by atoms with Gasteiger partial charge in [-0.2, -0.15) is 0 Å². The molecule has 0 N–H and O–H groups in total. The Morgan fingerprint density at radius 2 is 1.56 bits per heavy atom. The van der Waals surface area contributed by atoms with Crippen molar-refractivity contribution in [2.45, 2.75) is 19.3 Å². The van der Waals surface area contributed by atoms with Gasteiger partial charge >= 0.3 is 0 Å². The van der Waals surface area contributed by atoms with Crippen LogP contribution >= 0.6 is 0 Å². The molecule has 2 aliphatic heterocycles. The molecule has 2 fully saturated rings. The molecule has 5 nitrogen and oxygen atoms in total. The van der Waals surface area contributed by atoms with Crippen LogP contribution in [0.5, 0.6) is 0 Å². The molecule has 2 amide bonds. The highest BCUT2D eigenvalue weighted by Gasteiger charge is 2.31. The van der Waals surface area contributed by atoms with Crippen LogP contribution in [0.25, 0.3) is 0 Å². The number of nitrogens with zero attached hydrogens (tertiary/aromatic N) is 3. The second-order valence-corrected chi connectivity index (χ2v) is 7.09. The van der Waals surface area contributed by atoms with Crippen LogP contribution in [0.4, 0.5) is 4.39 Å². The van der Waals surface area contributed by atoms with E-state index in [4.69, 9.17) is 0 Å². The summed E-state index contributed by atoms with van der Waals surface area (Å²) in [5.74, 6) is 0.0496. The van der Waals surface area contributed by atoms with E-state index < -0.39 is 0 Å². The summed E-state index contributed by atoms with van der Waals surface area (Å²) in [6.45, 7) is 4.73. The fraction of sp³-hybridized carbons (Fsp3) is 0.579. The van der Waals surface area contributed by atoms with Crippen molar-refractivity contribution in [2.24, 2.45) is 5.92 Å². The average molecular weight is 347 g/mol. The molecule has 3 rings (SSSR count). The molecule has 0 saturated carbocycles. The van der Waals surface area contributed by atoms with Crippen molar-refractivity contribution in [2.75, 3.05) is 46.3 Å². The van der Waals surface area contributed by atoms with Crippen LogP contribution in [-0.4, -0.2) is 72.8 Å². The van der Waals surface area contributed by atoms with Crippen molar-refractivity contribution in [1.82, 2.24) is 14.7 Å². The zero-order valence-corrected chi connectivity index (χ0v) is 14.8. The zero-order valence-electron chi connectivity index (χ0n) is 14.8. The molecule has 0 spiro atoms. The normalized spacial score (nSPS) is 19.9. The lowest BCUT2D eigenvalue weighted by Crippen LogP contribution is -2.51. The van der Waals surface area contributed by atoms with E-state index in [9.17, 15) is 14.0 Å². The highest BCUT2D eigenvalue weighted by atomic mass is 19.1. The number of carbonyl (C=O) groups excluding carboxylic acids is 2. The number of benzene rings is 1. The Morgan fingerprint density at radius 1 is 0.960 bits per heavy atom. The lowest BCUT2D eigenvalue weighted by molar-refractivity contribution is -0.141. The fourth-order valence-electron chi connectivity index (χ4n) is 3.55. The molecular weight excluding hydrogens is 321 g/mol. The molecule has 0 radical (unpaired) electrons. The molecule has 2 heterocycles.